The highest BCUT2D eigenvalue weighted by Crippen LogP contribution is 2.26. The maximum Gasteiger partial charge on any atom is 0.273 e. The van der Waals surface area contributed by atoms with E-state index in [9.17, 15) is 12.8 Å². The number of benzene rings is 1. The molecule has 0 aliphatic carbocycles. The molecular weight excluding hydrogens is 323 g/mol. The second-order valence-electron chi connectivity index (χ2n) is 4.12. The normalized spacial score (nSPS) is 11.8. The summed E-state index contributed by atoms with van der Waals surface area (Å²) in [7, 11) is -2.65. The average molecular weight is 335 g/mol. The van der Waals surface area contributed by atoms with Crippen molar-refractivity contribution in [3.8, 4) is 11.4 Å². The minimum Gasteiger partial charge on any atom is -0.383 e. The number of nitrogens with two attached hydrogens (primary N) is 1. The number of rotatable bonds is 5. The topological polar surface area (TPSA) is 100 Å². The molecule has 0 spiro atoms. The zero-order valence-electron chi connectivity index (χ0n) is 11.0. The van der Waals surface area contributed by atoms with E-state index in [1.807, 2.05) is 0 Å². The molecule has 0 unspecified atom stereocenters. The number of sulfonamides is 1. The van der Waals surface area contributed by atoms with E-state index in [-0.39, 0.29) is 29.6 Å². The highest BCUT2D eigenvalue weighted by atomic mass is 35.5. The minimum absolute atomic E-state index is 0.0103. The molecule has 2 aromatic rings. The number of hydrogen-bond donors (Lipinski definition) is 1. The molecule has 1 aromatic heterocycles. The fraction of sp³-hybridized carbons (Fsp3) is 0.273. The lowest BCUT2D eigenvalue weighted by Crippen LogP contribution is -2.20. The van der Waals surface area contributed by atoms with Crippen LogP contribution in [0.25, 0.3) is 11.4 Å². The zero-order valence-corrected chi connectivity index (χ0v) is 12.5. The SMILES string of the molecule is COCCn1c(-c2cc(Cl)ccc2F)nnc1S(N)(=O)=O. The van der Waals surface area contributed by atoms with E-state index in [0.717, 1.165) is 6.07 Å². The molecule has 2 N–H and O–H groups in total. The summed E-state index contributed by atoms with van der Waals surface area (Å²) in [6, 6.07) is 3.86. The number of methoxy groups -OCH3 is 1. The predicted molar refractivity (Wildman–Crippen MR) is 73.7 cm³/mol. The van der Waals surface area contributed by atoms with Crippen LogP contribution in [0.3, 0.4) is 0 Å². The Labute approximate surface area is 125 Å². The van der Waals surface area contributed by atoms with E-state index in [1.165, 1.54) is 23.8 Å². The first-order chi connectivity index (χ1) is 9.84. The fourth-order valence-electron chi connectivity index (χ4n) is 1.75. The van der Waals surface area contributed by atoms with Gasteiger partial charge < -0.3 is 4.74 Å². The van der Waals surface area contributed by atoms with Gasteiger partial charge in [-0.05, 0) is 18.2 Å². The summed E-state index contributed by atoms with van der Waals surface area (Å²) in [5, 5.41) is 12.1. The Hall–Kier alpha value is -1.55. The van der Waals surface area contributed by atoms with Crippen molar-refractivity contribution in [3.05, 3.63) is 29.0 Å². The van der Waals surface area contributed by atoms with Gasteiger partial charge in [-0.2, -0.15) is 0 Å². The standard InChI is InChI=1S/C11H12ClFN4O3S/c1-20-5-4-17-10(15-16-11(17)21(14,18)19)8-6-7(12)2-3-9(8)13/h2-3,6H,4-5H2,1H3,(H2,14,18,19). The number of hydrogen-bond acceptors (Lipinski definition) is 5. The van der Waals surface area contributed by atoms with Gasteiger partial charge in [0.1, 0.15) is 5.82 Å². The number of primary sulfonamides is 1. The molecule has 10 heteroatoms. The Morgan fingerprint density at radius 2 is 2.14 bits per heavy atom. The van der Waals surface area contributed by atoms with Crippen molar-refractivity contribution in [1.82, 2.24) is 14.8 Å². The van der Waals surface area contributed by atoms with Crippen molar-refractivity contribution >= 4 is 21.6 Å². The molecule has 0 aliphatic rings. The Morgan fingerprint density at radius 3 is 2.76 bits per heavy atom. The molecule has 1 heterocycles. The molecule has 0 saturated heterocycles. The fourth-order valence-corrected chi connectivity index (χ4v) is 2.56. The smallest absolute Gasteiger partial charge is 0.273 e. The van der Waals surface area contributed by atoms with E-state index in [0.29, 0.717) is 0 Å². The summed E-state index contributed by atoms with van der Waals surface area (Å²) >= 11 is 5.83. The zero-order chi connectivity index (χ0) is 15.6. The highest BCUT2D eigenvalue weighted by Gasteiger charge is 2.23. The third-order valence-electron chi connectivity index (χ3n) is 2.66. The van der Waals surface area contributed by atoms with Crippen LogP contribution < -0.4 is 5.14 Å². The van der Waals surface area contributed by atoms with Crippen molar-refractivity contribution in [2.75, 3.05) is 13.7 Å². The van der Waals surface area contributed by atoms with E-state index < -0.39 is 21.0 Å². The van der Waals surface area contributed by atoms with Crippen LogP contribution in [0.4, 0.5) is 4.39 Å². The predicted octanol–water partition coefficient (Wildman–Crippen LogP) is 1.03. The van der Waals surface area contributed by atoms with Gasteiger partial charge in [-0.1, -0.05) is 11.6 Å². The van der Waals surface area contributed by atoms with Crippen LogP contribution >= 0.6 is 11.6 Å². The van der Waals surface area contributed by atoms with E-state index in [1.54, 1.807) is 0 Å². The molecule has 1 aromatic carbocycles. The molecule has 114 valence electrons. The van der Waals surface area contributed by atoms with Crippen LogP contribution in [0.5, 0.6) is 0 Å². The van der Waals surface area contributed by atoms with E-state index in [2.05, 4.69) is 10.2 Å². The molecule has 0 fully saturated rings. The van der Waals surface area contributed by atoms with Crippen molar-refractivity contribution in [1.29, 1.82) is 0 Å². The van der Waals surface area contributed by atoms with Gasteiger partial charge >= 0.3 is 0 Å². The summed E-state index contributed by atoms with van der Waals surface area (Å²) < 4.78 is 43.0. The summed E-state index contributed by atoms with van der Waals surface area (Å²) in [6.45, 7) is 0.270. The summed E-state index contributed by atoms with van der Waals surface area (Å²) in [6.07, 6.45) is 0. The summed E-state index contributed by atoms with van der Waals surface area (Å²) in [4.78, 5) is 0. The lowest BCUT2D eigenvalue weighted by atomic mass is 10.2. The third-order valence-corrected chi connectivity index (χ3v) is 3.71. The molecular formula is C11H12ClFN4O3S. The lowest BCUT2D eigenvalue weighted by Gasteiger charge is -2.09. The molecule has 2 rings (SSSR count). The monoisotopic (exact) mass is 334 g/mol. The molecule has 0 bridgehead atoms. The van der Waals surface area contributed by atoms with Gasteiger partial charge in [0.15, 0.2) is 5.82 Å². The number of ether oxygens (including phenoxy) is 1. The second kappa shape index (κ2) is 6.06. The van der Waals surface area contributed by atoms with E-state index >= 15 is 0 Å². The lowest BCUT2D eigenvalue weighted by molar-refractivity contribution is 0.185. The molecule has 7 nitrogen and oxygen atoms in total. The maximum atomic E-state index is 13.9. The van der Waals surface area contributed by atoms with Crippen LogP contribution in [-0.2, 0) is 21.3 Å². The van der Waals surface area contributed by atoms with E-state index in [4.69, 9.17) is 21.5 Å². The Bertz CT molecular complexity index is 763. The summed E-state index contributed by atoms with van der Waals surface area (Å²) in [5.74, 6) is -0.595. The quantitative estimate of drug-likeness (QED) is 0.880. The van der Waals surface area contributed by atoms with Crippen LogP contribution in [-0.4, -0.2) is 36.9 Å². The first-order valence-corrected chi connectivity index (χ1v) is 7.67. The first kappa shape index (κ1) is 15.8. The number of halogens is 2. The van der Waals surface area contributed by atoms with Crippen LogP contribution in [0, 0.1) is 5.82 Å². The van der Waals surface area contributed by atoms with Gasteiger partial charge in [0.2, 0.25) is 0 Å². The maximum absolute atomic E-state index is 13.9. The first-order valence-electron chi connectivity index (χ1n) is 5.75. The van der Waals surface area contributed by atoms with Gasteiger partial charge in [0.25, 0.3) is 15.2 Å². The number of aromatic nitrogens is 3. The second-order valence-corrected chi connectivity index (χ2v) is 6.01. The third kappa shape index (κ3) is 3.38. The minimum atomic E-state index is -4.10. The van der Waals surface area contributed by atoms with Crippen molar-refractivity contribution in [2.24, 2.45) is 5.14 Å². The van der Waals surface area contributed by atoms with Crippen LogP contribution in [0.1, 0.15) is 0 Å². The van der Waals surface area contributed by atoms with Gasteiger partial charge in [0.05, 0.1) is 18.7 Å². The summed E-state index contributed by atoms with van der Waals surface area (Å²) in [5.41, 5.74) is 0.0287. The molecule has 0 atom stereocenters. The largest absolute Gasteiger partial charge is 0.383 e. The molecule has 21 heavy (non-hydrogen) atoms. The molecule has 0 amide bonds. The van der Waals surface area contributed by atoms with Crippen LogP contribution in [0.15, 0.2) is 23.4 Å². The molecule has 0 radical (unpaired) electrons. The van der Waals surface area contributed by atoms with Crippen molar-refractivity contribution < 1.29 is 17.5 Å². The Balaban J connectivity index is 2.63. The Morgan fingerprint density at radius 1 is 1.43 bits per heavy atom. The average Bonchev–Trinajstić information content (AvgIpc) is 2.82. The molecule has 0 aliphatic heterocycles. The van der Waals surface area contributed by atoms with Gasteiger partial charge in [-0.15, -0.1) is 10.2 Å². The Kier molecular flexibility index (Phi) is 4.57. The highest BCUT2D eigenvalue weighted by molar-refractivity contribution is 7.89. The van der Waals surface area contributed by atoms with Gasteiger partial charge in [0, 0.05) is 12.1 Å². The van der Waals surface area contributed by atoms with Crippen molar-refractivity contribution in [3.63, 3.8) is 0 Å². The number of nitrogens with zero attached hydrogens (tertiary/aromatic N) is 3. The van der Waals surface area contributed by atoms with Crippen molar-refractivity contribution in [2.45, 2.75) is 11.7 Å². The van der Waals surface area contributed by atoms with Gasteiger partial charge in [-0.3, -0.25) is 4.57 Å². The van der Waals surface area contributed by atoms with Crippen LogP contribution in [0.2, 0.25) is 5.02 Å². The molecule has 0 saturated carbocycles. The van der Waals surface area contributed by atoms with Gasteiger partial charge in [-0.25, -0.2) is 17.9 Å².